The number of aromatic nitrogens is 1. The molecule has 0 spiro atoms. The summed E-state index contributed by atoms with van der Waals surface area (Å²) in [4.78, 5) is 33.5. The van der Waals surface area contributed by atoms with Gasteiger partial charge in [0.2, 0.25) is 5.91 Å². The molecule has 0 N–H and O–H groups in total. The number of nitrogens with zero attached hydrogens (tertiary/aromatic N) is 4. The molecule has 0 bridgehead atoms. The Kier molecular flexibility index (Phi) is 7.01. The first kappa shape index (κ1) is 22.5. The molecule has 2 amide bonds. The maximum absolute atomic E-state index is 13.2. The van der Waals surface area contributed by atoms with Gasteiger partial charge in [0.15, 0.2) is 6.61 Å². The zero-order valence-electron chi connectivity index (χ0n) is 18.3. The monoisotopic (exact) mass is 460 g/mol. The summed E-state index contributed by atoms with van der Waals surface area (Å²) in [6, 6.07) is 18.4. The molecule has 33 heavy (non-hydrogen) atoms. The lowest BCUT2D eigenvalue weighted by Gasteiger charge is -2.28. The van der Waals surface area contributed by atoms with E-state index in [2.05, 4.69) is 6.07 Å². The molecule has 1 aliphatic rings. The molecule has 1 aromatic heterocycles. The van der Waals surface area contributed by atoms with Gasteiger partial charge in [-0.25, -0.2) is 4.98 Å². The molecule has 2 heterocycles. The van der Waals surface area contributed by atoms with Gasteiger partial charge in [-0.1, -0.05) is 30.3 Å². The van der Waals surface area contributed by atoms with Crippen LogP contribution in [0.15, 0.2) is 60.0 Å². The number of amides is 2. The average molecular weight is 461 g/mol. The predicted octanol–water partition coefficient (Wildman–Crippen LogP) is 3.88. The second-order valence-electron chi connectivity index (χ2n) is 7.76. The molecule has 7 nitrogen and oxygen atoms in total. The molecule has 1 atom stereocenters. The van der Waals surface area contributed by atoms with Gasteiger partial charge in [0.05, 0.1) is 23.4 Å². The fraction of sp³-hybridized carbons (Fsp3) is 0.280. The van der Waals surface area contributed by atoms with Crippen molar-refractivity contribution >= 4 is 23.2 Å². The highest BCUT2D eigenvalue weighted by molar-refractivity contribution is 7.10. The zero-order chi connectivity index (χ0) is 23.2. The van der Waals surface area contributed by atoms with Crippen molar-refractivity contribution in [2.75, 3.05) is 26.2 Å². The van der Waals surface area contributed by atoms with Gasteiger partial charge >= 0.3 is 0 Å². The topological polar surface area (TPSA) is 86.5 Å². The summed E-state index contributed by atoms with van der Waals surface area (Å²) >= 11 is 1.49. The molecule has 0 aliphatic carbocycles. The van der Waals surface area contributed by atoms with E-state index in [4.69, 9.17) is 9.72 Å². The van der Waals surface area contributed by atoms with Crippen LogP contribution in [0.3, 0.4) is 0 Å². The van der Waals surface area contributed by atoms with Crippen LogP contribution < -0.4 is 4.74 Å². The van der Waals surface area contributed by atoms with Crippen molar-refractivity contribution in [3.63, 3.8) is 0 Å². The summed E-state index contributed by atoms with van der Waals surface area (Å²) < 4.78 is 5.70. The molecule has 0 saturated carbocycles. The average Bonchev–Trinajstić information content (AvgIpc) is 3.22. The van der Waals surface area contributed by atoms with E-state index in [0.29, 0.717) is 37.4 Å². The van der Waals surface area contributed by atoms with Crippen LogP contribution in [-0.2, 0) is 9.59 Å². The molecule has 2 aromatic carbocycles. The minimum Gasteiger partial charge on any atom is -0.484 e. The first-order chi connectivity index (χ1) is 16.0. The van der Waals surface area contributed by atoms with Gasteiger partial charge in [0.1, 0.15) is 10.8 Å². The summed E-state index contributed by atoms with van der Waals surface area (Å²) in [5.74, 6) is 0.491. The number of hydrogen-bond acceptors (Lipinski definition) is 6. The van der Waals surface area contributed by atoms with Crippen molar-refractivity contribution in [2.45, 2.75) is 19.4 Å². The SMILES string of the molecule is CC(=O)N1CCC(c2nc(-c3cccc(C#N)c3)cs2)N(C(=O)COc2ccccc2)CC1. The second kappa shape index (κ2) is 10.3. The minimum atomic E-state index is -0.251. The summed E-state index contributed by atoms with van der Waals surface area (Å²) in [6.45, 7) is 2.92. The molecule has 1 saturated heterocycles. The van der Waals surface area contributed by atoms with Crippen molar-refractivity contribution in [2.24, 2.45) is 0 Å². The number of ether oxygens (including phenoxy) is 1. The van der Waals surface area contributed by atoms with E-state index in [0.717, 1.165) is 16.3 Å². The third-order valence-electron chi connectivity index (χ3n) is 5.63. The number of carbonyl (C=O) groups excluding carboxylic acids is 2. The van der Waals surface area contributed by atoms with Crippen LogP contribution in [0.2, 0.25) is 0 Å². The molecule has 3 aromatic rings. The first-order valence-corrected chi connectivity index (χ1v) is 11.6. The van der Waals surface area contributed by atoms with E-state index < -0.39 is 0 Å². The lowest BCUT2D eigenvalue weighted by Crippen LogP contribution is -2.40. The quantitative estimate of drug-likeness (QED) is 0.577. The van der Waals surface area contributed by atoms with Crippen LogP contribution in [0.25, 0.3) is 11.3 Å². The Labute approximate surface area is 196 Å². The number of rotatable bonds is 5. The zero-order valence-corrected chi connectivity index (χ0v) is 19.1. The molecular weight excluding hydrogens is 436 g/mol. The van der Waals surface area contributed by atoms with Crippen LogP contribution in [0, 0.1) is 11.3 Å². The van der Waals surface area contributed by atoms with Crippen molar-refractivity contribution in [1.82, 2.24) is 14.8 Å². The second-order valence-corrected chi connectivity index (χ2v) is 8.65. The lowest BCUT2D eigenvalue weighted by molar-refractivity contribution is -0.136. The van der Waals surface area contributed by atoms with Gasteiger partial charge in [0, 0.05) is 37.5 Å². The fourth-order valence-electron chi connectivity index (χ4n) is 3.87. The molecule has 1 aliphatic heterocycles. The van der Waals surface area contributed by atoms with Gasteiger partial charge < -0.3 is 14.5 Å². The van der Waals surface area contributed by atoms with Crippen LogP contribution in [-0.4, -0.2) is 52.8 Å². The Morgan fingerprint density at radius 1 is 1.15 bits per heavy atom. The van der Waals surface area contributed by atoms with Gasteiger partial charge in [0.25, 0.3) is 5.91 Å². The predicted molar refractivity (Wildman–Crippen MR) is 126 cm³/mol. The molecule has 0 radical (unpaired) electrons. The van der Waals surface area contributed by atoms with E-state index in [1.165, 1.54) is 11.3 Å². The van der Waals surface area contributed by atoms with Crippen LogP contribution in [0.5, 0.6) is 5.75 Å². The van der Waals surface area contributed by atoms with Gasteiger partial charge in [-0.3, -0.25) is 9.59 Å². The fourth-order valence-corrected chi connectivity index (χ4v) is 4.84. The first-order valence-electron chi connectivity index (χ1n) is 10.7. The molecule has 8 heteroatoms. The summed E-state index contributed by atoms with van der Waals surface area (Å²) in [5, 5.41) is 11.9. The Morgan fingerprint density at radius 3 is 2.73 bits per heavy atom. The molecular formula is C25H24N4O3S. The highest BCUT2D eigenvalue weighted by Gasteiger charge is 2.32. The van der Waals surface area contributed by atoms with E-state index in [1.54, 1.807) is 28.9 Å². The smallest absolute Gasteiger partial charge is 0.261 e. The standard InChI is InChI=1S/C25H24N4O3S/c1-18(30)28-11-10-23(25-27-22(17-33-25)20-7-5-6-19(14-20)15-26)29(13-12-28)24(31)16-32-21-8-3-2-4-9-21/h2-9,14,17,23H,10-13,16H2,1H3. The van der Waals surface area contributed by atoms with E-state index >= 15 is 0 Å². The van der Waals surface area contributed by atoms with Gasteiger partial charge in [-0.2, -0.15) is 5.26 Å². The van der Waals surface area contributed by atoms with Crippen LogP contribution in [0.1, 0.15) is 30.0 Å². The molecule has 1 fully saturated rings. The summed E-state index contributed by atoms with van der Waals surface area (Å²) in [6.07, 6.45) is 0.599. The Morgan fingerprint density at radius 2 is 1.97 bits per heavy atom. The highest BCUT2D eigenvalue weighted by Crippen LogP contribution is 2.32. The van der Waals surface area contributed by atoms with Crippen LogP contribution >= 0.6 is 11.3 Å². The normalized spacial score (nSPS) is 16.1. The number of thiazole rings is 1. The Balaban J connectivity index is 1.57. The highest BCUT2D eigenvalue weighted by atomic mass is 32.1. The van der Waals surface area contributed by atoms with Crippen molar-refractivity contribution in [3.8, 4) is 23.1 Å². The Hall–Kier alpha value is -3.70. The molecule has 168 valence electrons. The maximum Gasteiger partial charge on any atom is 0.261 e. The maximum atomic E-state index is 13.2. The third-order valence-corrected chi connectivity index (χ3v) is 6.57. The molecule has 4 rings (SSSR count). The van der Waals surface area contributed by atoms with Gasteiger partial charge in [-0.15, -0.1) is 11.3 Å². The molecule has 1 unspecified atom stereocenters. The number of hydrogen-bond donors (Lipinski definition) is 0. The van der Waals surface area contributed by atoms with Crippen molar-refractivity contribution in [3.05, 3.63) is 70.5 Å². The van der Waals surface area contributed by atoms with Crippen LogP contribution in [0.4, 0.5) is 0 Å². The van der Waals surface area contributed by atoms with E-state index in [1.807, 2.05) is 47.8 Å². The van der Waals surface area contributed by atoms with E-state index in [9.17, 15) is 14.9 Å². The largest absolute Gasteiger partial charge is 0.484 e. The summed E-state index contributed by atoms with van der Waals surface area (Å²) in [7, 11) is 0. The number of nitriles is 1. The van der Waals surface area contributed by atoms with E-state index in [-0.39, 0.29) is 24.5 Å². The number of carbonyl (C=O) groups is 2. The summed E-state index contributed by atoms with van der Waals surface area (Å²) in [5.41, 5.74) is 2.21. The van der Waals surface area contributed by atoms with Crippen molar-refractivity contribution < 1.29 is 14.3 Å². The Bertz CT molecular complexity index is 1170. The number of para-hydroxylation sites is 1. The van der Waals surface area contributed by atoms with Crippen molar-refractivity contribution in [1.29, 1.82) is 5.26 Å². The van der Waals surface area contributed by atoms with Gasteiger partial charge in [-0.05, 0) is 30.7 Å². The minimum absolute atomic E-state index is 0.00303. The lowest BCUT2D eigenvalue weighted by atomic mass is 10.1. The number of benzene rings is 2. The third kappa shape index (κ3) is 5.38.